The van der Waals surface area contributed by atoms with Gasteiger partial charge in [-0.05, 0) is 27.7 Å². The topological polar surface area (TPSA) is 65.9 Å². The van der Waals surface area contributed by atoms with Crippen molar-refractivity contribution >= 4 is 17.2 Å². The third-order valence-corrected chi connectivity index (χ3v) is 5.62. The Hall–Kier alpha value is -1.02. The Balaban J connectivity index is 1.71. The average Bonchev–Trinajstić information content (AvgIpc) is 2.99. The molecule has 3 heterocycles. The number of amides is 1. The van der Waals surface area contributed by atoms with Crippen LogP contribution in [0.1, 0.15) is 34.2 Å². The standard InChI is InChI=1S/C16H25N3O3S/c1-9-5-18(6-10(2)22-9)13-7-19(8-14(13)20)16(21)15-11(3)17-12(4)23-15/h9-10,13-14,20H,5-8H2,1-4H3/t9-,10+,13-,14-/m0/s1. The smallest absolute Gasteiger partial charge is 0.266 e. The highest BCUT2D eigenvalue weighted by molar-refractivity contribution is 7.13. The average molecular weight is 339 g/mol. The molecular weight excluding hydrogens is 314 g/mol. The van der Waals surface area contributed by atoms with E-state index < -0.39 is 6.10 Å². The summed E-state index contributed by atoms with van der Waals surface area (Å²) in [6.45, 7) is 10.4. The zero-order chi connectivity index (χ0) is 16.7. The van der Waals surface area contributed by atoms with Crippen LogP contribution >= 0.6 is 11.3 Å². The van der Waals surface area contributed by atoms with Crippen LogP contribution in [0.3, 0.4) is 0 Å². The van der Waals surface area contributed by atoms with Crippen molar-refractivity contribution in [2.75, 3.05) is 26.2 Å². The molecule has 1 aromatic rings. The number of aryl methyl sites for hydroxylation is 2. The molecule has 2 fully saturated rings. The van der Waals surface area contributed by atoms with Gasteiger partial charge in [-0.25, -0.2) is 4.98 Å². The highest BCUT2D eigenvalue weighted by Gasteiger charge is 2.40. The Bertz CT molecular complexity index is 581. The van der Waals surface area contributed by atoms with Gasteiger partial charge >= 0.3 is 0 Å². The van der Waals surface area contributed by atoms with Gasteiger partial charge in [-0.15, -0.1) is 11.3 Å². The maximum atomic E-state index is 12.7. The van der Waals surface area contributed by atoms with E-state index >= 15 is 0 Å². The minimum absolute atomic E-state index is 0.0102. The summed E-state index contributed by atoms with van der Waals surface area (Å²) in [5, 5.41) is 11.4. The summed E-state index contributed by atoms with van der Waals surface area (Å²) < 4.78 is 5.76. The Morgan fingerprint density at radius 1 is 1.22 bits per heavy atom. The molecule has 2 saturated heterocycles. The Labute approximate surface area is 141 Å². The molecule has 2 aliphatic rings. The molecule has 0 radical (unpaired) electrons. The summed E-state index contributed by atoms with van der Waals surface area (Å²) in [4.78, 5) is 21.8. The fraction of sp³-hybridized carbons (Fsp3) is 0.750. The first kappa shape index (κ1) is 16.8. The zero-order valence-corrected chi connectivity index (χ0v) is 15.0. The predicted molar refractivity (Wildman–Crippen MR) is 88.9 cm³/mol. The van der Waals surface area contributed by atoms with E-state index in [2.05, 4.69) is 23.7 Å². The summed E-state index contributed by atoms with van der Waals surface area (Å²) in [6, 6.07) is -0.0120. The number of thiazole rings is 1. The molecule has 1 aromatic heterocycles. The van der Waals surface area contributed by atoms with Gasteiger partial charge in [-0.3, -0.25) is 9.69 Å². The van der Waals surface area contributed by atoms with Crippen molar-refractivity contribution in [2.24, 2.45) is 0 Å². The van der Waals surface area contributed by atoms with Crippen LogP contribution in [0.2, 0.25) is 0 Å². The second-order valence-corrected chi connectivity index (χ2v) is 7.91. The quantitative estimate of drug-likeness (QED) is 0.873. The lowest BCUT2D eigenvalue weighted by Gasteiger charge is -2.39. The number of aliphatic hydroxyl groups is 1. The minimum atomic E-state index is -0.509. The second kappa shape index (κ2) is 6.47. The maximum absolute atomic E-state index is 12.7. The normalized spacial score (nSPS) is 32.5. The van der Waals surface area contributed by atoms with E-state index in [-0.39, 0.29) is 24.2 Å². The van der Waals surface area contributed by atoms with Crippen LogP contribution in [0.4, 0.5) is 0 Å². The van der Waals surface area contributed by atoms with Gasteiger partial charge in [0.05, 0.1) is 35.1 Å². The minimum Gasteiger partial charge on any atom is -0.390 e. The van der Waals surface area contributed by atoms with Crippen molar-refractivity contribution in [1.82, 2.24) is 14.8 Å². The molecule has 1 N–H and O–H groups in total. The first-order valence-electron chi connectivity index (χ1n) is 8.16. The summed E-state index contributed by atoms with van der Waals surface area (Å²) >= 11 is 1.43. The molecule has 4 atom stereocenters. The molecule has 6 nitrogen and oxygen atoms in total. The van der Waals surface area contributed by atoms with Gasteiger partial charge in [0, 0.05) is 26.2 Å². The number of β-amino-alcohol motifs (C(OH)–C–C–N with tert-alkyl or cyclic N) is 1. The second-order valence-electron chi connectivity index (χ2n) is 6.70. The predicted octanol–water partition coefficient (Wildman–Crippen LogP) is 1.05. The molecule has 2 aliphatic heterocycles. The SMILES string of the molecule is Cc1nc(C)c(C(=O)N2C[C@H](O)[C@@H](N3C[C@@H](C)O[C@@H](C)C3)C2)s1. The number of aliphatic hydroxyl groups excluding tert-OH is 1. The molecular formula is C16H25N3O3S. The fourth-order valence-electron chi connectivity index (χ4n) is 3.66. The molecule has 0 spiro atoms. The summed E-state index contributed by atoms with van der Waals surface area (Å²) in [5.74, 6) is -0.0102. The van der Waals surface area contributed by atoms with Crippen molar-refractivity contribution in [1.29, 1.82) is 0 Å². The lowest BCUT2D eigenvalue weighted by molar-refractivity contribution is -0.0888. The molecule has 0 aromatic carbocycles. The Kier molecular flexibility index (Phi) is 4.73. The van der Waals surface area contributed by atoms with Crippen LogP contribution in [0.5, 0.6) is 0 Å². The molecule has 0 saturated carbocycles. The number of hydrogen-bond acceptors (Lipinski definition) is 6. The third-order valence-electron chi connectivity index (χ3n) is 4.56. The first-order valence-corrected chi connectivity index (χ1v) is 8.97. The number of hydrogen-bond donors (Lipinski definition) is 1. The summed E-state index contributed by atoms with van der Waals surface area (Å²) in [6.07, 6.45) is -0.199. The van der Waals surface area contributed by atoms with Crippen molar-refractivity contribution in [3.05, 3.63) is 15.6 Å². The number of morpholine rings is 1. The van der Waals surface area contributed by atoms with Gasteiger partial charge in [0.15, 0.2) is 0 Å². The number of rotatable bonds is 2. The van der Waals surface area contributed by atoms with Crippen LogP contribution in [-0.2, 0) is 4.74 Å². The summed E-state index contributed by atoms with van der Waals surface area (Å²) in [7, 11) is 0. The van der Waals surface area contributed by atoms with Gasteiger partial charge in [0.2, 0.25) is 0 Å². The third kappa shape index (κ3) is 3.42. The molecule has 0 unspecified atom stereocenters. The molecule has 0 bridgehead atoms. The highest BCUT2D eigenvalue weighted by Crippen LogP contribution is 2.25. The number of ether oxygens (including phenoxy) is 1. The number of nitrogens with zero attached hydrogens (tertiary/aromatic N) is 3. The fourth-order valence-corrected chi connectivity index (χ4v) is 4.54. The lowest BCUT2D eigenvalue weighted by Crippen LogP contribution is -2.53. The van der Waals surface area contributed by atoms with Crippen LogP contribution in [-0.4, -0.2) is 76.3 Å². The van der Waals surface area contributed by atoms with E-state index in [0.29, 0.717) is 18.0 Å². The number of carbonyl (C=O) groups is 1. The molecule has 0 aliphatic carbocycles. The Morgan fingerprint density at radius 2 is 1.87 bits per heavy atom. The molecule has 1 amide bonds. The van der Waals surface area contributed by atoms with E-state index in [0.717, 1.165) is 23.8 Å². The first-order chi connectivity index (χ1) is 10.8. The van der Waals surface area contributed by atoms with Crippen molar-refractivity contribution in [2.45, 2.75) is 52.0 Å². The van der Waals surface area contributed by atoms with Crippen LogP contribution in [0.15, 0.2) is 0 Å². The summed E-state index contributed by atoms with van der Waals surface area (Å²) in [5.41, 5.74) is 0.782. The van der Waals surface area contributed by atoms with Gasteiger partial charge < -0.3 is 14.7 Å². The van der Waals surface area contributed by atoms with Crippen molar-refractivity contribution in [3.8, 4) is 0 Å². The van der Waals surface area contributed by atoms with Crippen LogP contribution < -0.4 is 0 Å². The highest BCUT2D eigenvalue weighted by atomic mass is 32.1. The van der Waals surface area contributed by atoms with Crippen LogP contribution in [0.25, 0.3) is 0 Å². The molecule has 128 valence electrons. The van der Waals surface area contributed by atoms with Crippen molar-refractivity contribution < 1.29 is 14.6 Å². The van der Waals surface area contributed by atoms with E-state index in [1.54, 1.807) is 4.90 Å². The zero-order valence-electron chi connectivity index (χ0n) is 14.2. The number of likely N-dealkylation sites (tertiary alicyclic amines) is 1. The van der Waals surface area contributed by atoms with Gasteiger partial charge in [0.25, 0.3) is 5.91 Å². The molecule has 23 heavy (non-hydrogen) atoms. The van der Waals surface area contributed by atoms with Crippen molar-refractivity contribution in [3.63, 3.8) is 0 Å². The van der Waals surface area contributed by atoms with E-state index in [1.165, 1.54) is 11.3 Å². The molecule has 7 heteroatoms. The van der Waals surface area contributed by atoms with Gasteiger partial charge in [-0.1, -0.05) is 0 Å². The van der Waals surface area contributed by atoms with E-state index in [9.17, 15) is 9.90 Å². The van der Waals surface area contributed by atoms with E-state index in [1.807, 2.05) is 13.8 Å². The van der Waals surface area contributed by atoms with Gasteiger partial charge in [-0.2, -0.15) is 0 Å². The largest absolute Gasteiger partial charge is 0.390 e. The number of carbonyl (C=O) groups excluding carboxylic acids is 1. The lowest BCUT2D eigenvalue weighted by atomic mass is 10.1. The molecule has 3 rings (SSSR count). The van der Waals surface area contributed by atoms with Crippen LogP contribution in [0, 0.1) is 13.8 Å². The van der Waals surface area contributed by atoms with E-state index in [4.69, 9.17) is 4.74 Å². The monoisotopic (exact) mass is 339 g/mol. The number of aromatic nitrogens is 1. The maximum Gasteiger partial charge on any atom is 0.266 e. The Morgan fingerprint density at radius 3 is 2.43 bits per heavy atom. The van der Waals surface area contributed by atoms with Gasteiger partial charge in [0.1, 0.15) is 4.88 Å².